The van der Waals surface area contributed by atoms with Crippen LogP contribution in [0.15, 0.2) is 24.3 Å². The number of hydrogen-bond acceptors (Lipinski definition) is 2. The minimum Gasteiger partial charge on any atom is -0.378 e. The SMILES string of the molecule is O=Cc1ccccc1C1(F)CCCOC1. The van der Waals surface area contributed by atoms with Crippen molar-refractivity contribution >= 4 is 6.29 Å². The summed E-state index contributed by atoms with van der Waals surface area (Å²) in [5.74, 6) is 0. The van der Waals surface area contributed by atoms with E-state index in [-0.39, 0.29) is 6.61 Å². The van der Waals surface area contributed by atoms with E-state index in [0.717, 1.165) is 0 Å². The van der Waals surface area contributed by atoms with Gasteiger partial charge in [-0.2, -0.15) is 0 Å². The Bertz CT molecular complexity index is 356. The molecule has 0 saturated carbocycles. The van der Waals surface area contributed by atoms with E-state index in [4.69, 9.17) is 4.74 Å². The van der Waals surface area contributed by atoms with E-state index in [2.05, 4.69) is 0 Å². The van der Waals surface area contributed by atoms with Crippen LogP contribution >= 0.6 is 0 Å². The van der Waals surface area contributed by atoms with Crippen molar-refractivity contribution in [2.45, 2.75) is 18.5 Å². The second-order valence-electron chi connectivity index (χ2n) is 3.83. The van der Waals surface area contributed by atoms with Gasteiger partial charge in [-0.3, -0.25) is 4.79 Å². The van der Waals surface area contributed by atoms with Crippen LogP contribution in [-0.4, -0.2) is 19.5 Å². The molecule has 1 saturated heterocycles. The zero-order chi connectivity index (χ0) is 10.7. The molecule has 1 aromatic carbocycles. The van der Waals surface area contributed by atoms with Gasteiger partial charge in [-0.05, 0) is 12.8 Å². The lowest BCUT2D eigenvalue weighted by Gasteiger charge is -2.30. The van der Waals surface area contributed by atoms with Gasteiger partial charge in [0.05, 0.1) is 6.61 Å². The summed E-state index contributed by atoms with van der Waals surface area (Å²) in [5.41, 5.74) is -0.611. The third-order valence-corrected chi connectivity index (χ3v) is 2.76. The molecule has 0 bridgehead atoms. The first-order valence-electron chi connectivity index (χ1n) is 5.08. The van der Waals surface area contributed by atoms with Crippen LogP contribution in [0.1, 0.15) is 28.8 Å². The van der Waals surface area contributed by atoms with Crippen molar-refractivity contribution in [3.8, 4) is 0 Å². The molecular weight excluding hydrogens is 195 g/mol. The molecule has 1 atom stereocenters. The van der Waals surface area contributed by atoms with Crippen molar-refractivity contribution in [1.29, 1.82) is 0 Å². The molecule has 1 aliphatic heterocycles. The molecule has 2 rings (SSSR count). The molecule has 1 fully saturated rings. The standard InChI is InChI=1S/C12H13FO2/c13-12(6-3-7-15-9-12)11-5-2-1-4-10(11)8-14/h1-2,4-5,8H,3,6-7,9H2. The van der Waals surface area contributed by atoms with Crippen LogP contribution in [-0.2, 0) is 10.4 Å². The molecule has 0 radical (unpaired) electrons. The fraction of sp³-hybridized carbons (Fsp3) is 0.417. The number of rotatable bonds is 2. The highest BCUT2D eigenvalue weighted by Crippen LogP contribution is 2.35. The quantitative estimate of drug-likeness (QED) is 0.698. The molecule has 1 unspecified atom stereocenters. The number of hydrogen-bond donors (Lipinski definition) is 0. The Balaban J connectivity index is 2.38. The van der Waals surface area contributed by atoms with E-state index in [1.54, 1.807) is 24.3 Å². The molecule has 1 heterocycles. The zero-order valence-corrected chi connectivity index (χ0v) is 8.41. The van der Waals surface area contributed by atoms with E-state index >= 15 is 0 Å². The largest absolute Gasteiger partial charge is 0.378 e. The van der Waals surface area contributed by atoms with Gasteiger partial charge in [-0.15, -0.1) is 0 Å². The van der Waals surface area contributed by atoms with Crippen molar-refractivity contribution in [1.82, 2.24) is 0 Å². The van der Waals surface area contributed by atoms with Gasteiger partial charge in [-0.25, -0.2) is 4.39 Å². The smallest absolute Gasteiger partial charge is 0.159 e. The first-order valence-corrected chi connectivity index (χ1v) is 5.08. The van der Waals surface area contributed by atoms with Crippen LogP contribution in [0.3, 0.4) is 0 Å². The van der Waals surface area contributed by atoms with Gasteiger partial charge in [0.15, 0.2) is 5.67 Å². The number of halogens is 1. The molecule has 15 heavy (non-hydrogen) atoms. The van der Waals surface area contributed by atoms with E-state index < -0.39 is 5.67 Å². The van der Waals surface area contributed by atoms with E-state index in [1.165, 1.54) is 0 Å². The Labute approximate surface area is 88.1 Å². The van der Waals surface area contributed by atoms with Gasteiger partial charge < -0.3 is 4.74 Å². The van der Waals surface area contributed by atoms with Gasteiger partial charge in [-0.1, -0.05) is 24.3 Å². The predicted octanol–water partition coefficient (Wildman–Crippen LogP) is 2.47. The number of aldehydes is 1. The van der Waals surface area contributed by atoms with Crippen LogP contribution in [0, 0.1) is 0 Å². The Morgan fingerprint density at radius 3 is 2.87 bits per heavy atom. The summed E-state index contributed by atoms with van der Waals surface area (Å²) in [5, 5.41) is 0. The van der Waals surface area contributed by atoms with Crippen molar-refractivity contribution < 1.29 is 13.9 Å². The number of carbonyl (C=O) groups excluding carboxylic acids is 1. The van der Waals surface area contributed by atoms with Crippen LogP contribution in [0.25, 0.3) is 0 Å². The Hall–Kier alpha value is -1.22. The Morgan fingerprint density at radius 1 is 1.40 bits per heavy atom. The lowest BCUT2D eigenvalue weighted by Crippen LogP contribution is -2.32. The number of benzene rings is 1. The maximum absolute atomic E-state index is 14.5. The summed E-state index contributed by atoms with van der Waals surface area (Å²) in [6, 6.07) is 6.79. The number of alkyl halides is 1. The highest BCUT2D eigenvalue weighted by Gasteiger charge is 2.36. The first-order chi connectivity index (χ1) is 7.26. The molecule has 0 N–H and O–H groups in total. The highest BCUT2D eigenvalue weighted by atomic mass is 19.1. The lowest BCUT2D eigenvalue weighted by atomic mass is 9.87. The maximum atomic E-state index is 14.5. The van der Waals surface area contributed by atoms with Crippen LogP contribution in [0.2, 0.25) is 0 Å². The molecule has 0 aliphatic carbocycles. The van der Waals surface area contributed by atoms with Crippen molar-refractivity contribution in [2.75, 3.05) is 13.2 Å². The molecule has 80 valence electrons. The fourth-order valence-corrected chi connectivity index (χ4v) is 1.98. The summed E-state index contributed by atoms with van der Waals surface area (Å²) in [6.07, 6.45) is 1.83. The average Bonchev–Trinajstić information content (AvgIpc) is 2.30. The predicted molar refractivity (Wildman–Crippen MR) is 54.7 cm³/mol. The molecular formula is C12H13FO2. The van der Waals surface area contributed by atoms with E-state index in [9.17, 15) is 9.18 Å². The average molecular weight is 208 g/mol. The van der Waals surface area contributed by atoms with Gasteiger partial charge in [0.2, 0.25) is 0 Å². The second kappa shape index (κ2) is 4.11. The van der Waals surface area contributed by atoms with E-state index in [1.807, 2.05) is 0 Å². The molecule has 1 aliphatic rings. The molecule has 1 aromatic rings. The van der Waals surface area contributed by atoms with Crippen molar-refractivity contribution in [2.24, 2.45) is 0 Å². The van der Waals surface area contributed by atoms with Gasteiger partial charge in [0, 0.05) is 17.7 Å². The number of carbonyl (C=O) groups is 1. The number of ether oxygens (including phenoxy) is 1. The second-order valence-corrected chi connectivity index (χ2v) is 3.83. The third-order valence-electron chi connectivity index (χ3n) is 2.76. The summed E-state index contributed by atoms with van der Waals surface area (Å²) in [6.45, 7) is 0.660. The molecule has 0 amide bonds. The fourth-order valence-electron chi connectivity index (χ4n) is 1.98. The minimum atomic E-state index is -1.49. The maximum Gasteiger partial charge on any atom is 0.159 e. The van der Waals surface area contributed by atoms with Crippen LogP contribution < -0.4 is 0 Å². The minimum absolute atomic E-state index is 0.0534. The Morgan fingerprint density at radius 2 is 2.20 bits per heavy atom. The highest BCUT2D eigenvalue weighted by molar-refractivity contribution is 5.77. The Kier molecular flexibility index (Phi) is 2.82. The van der Waals surface area contributed by atoms with Gasteiger partial charge in [0.25, 0.3) is 0 Å². The van der Waals surface area contributed by atoms with Crippen molar-refractivity contribution in [3.63, 3.8) is 0 Å². The normalized spacial score (nSPS) is 26.2. The third kappa shape index (κ3) is 1.92. The monoisotopic (exact) mass is 208 g/mol. The summed E-state index contributed by atoms with van der Waals surface area (Å²) >= 11 is 0. The van der Waals surface area contributed by atoms with E-state index in [0.29, 0.717) is 36.9 Å². The zero-order valence-electron chi connectivity index (χ0n) is 8.41. The van der Waals surface area contributed by atoms with Crippen molar-refractivity contribution in [3.05, 3.63) is 35.4 Å². The summed E-state index contributed by atoms with van der Waals surface area (Å²) in [7, 11) is 0. The molecule has 3 heteroatoms. The lowest BCUT2D eigenvalue weighted by molar-refractivity contribution is -0.0349. The first kappa shape index (κ1) is 10.3. The molecule has 0 aromatic heterocycles. The summed E-state index contributed by atoms with van der Waals surface area (Å²) in [4.78, 5) is 10.8. The molecule has 2 nitrogen and oxygen atoms in total. The topological polar surface area (TPSA) is 26.3 Å². The van der Waals surface area contributed by atoms with Crippen LogP contribution in [0.4, 0.5) is 4.39 Å². The van der Waals surface area contributed by atoms with Gasteiger partial charge >= 0.3 is 0 Å². The van der Waals surface area contributed by atoms with Gasteiger partial charge in [0.1, 0.15) is 6.29 Å². The molecule has 0 spiro atoms. The van der Waals surface area contributed by atoms with Crippen LogP contribution in [0.5, 0.6) is 0 Å². The summed E-state index contributed by atoms with van der Waals surface area (Å²) < 4.78 is 19.6.